The van der Waals surface area contributed by atoms with Gasteiger partial charge in [-0.1, -0.05) is 0 Å². The highest BCUT2D eigenvalue weighted by atomic mass is 16.5. The standard InChI is InChI=1S/C25H19N3O7/c1-35-19-7-2-12(10-18(19)30)27-22(31)14-3-5-16-21-17(6-4-15(20(14)21)23(27)32)25(34)28(24(16)33)26-9-8-13(29)11-26/h2-7,10,13,29-30H,8-9,11H2,1H3. The van der Waals surface area contributed by atoms with Gasteiger partial charge < -0.3 is 14.9 Å². The Morgan fingerprint density at radius 1 is 0.829 bits per heavy atom. The summed E-state index contributed by atoms with van der Waals surface area (Å²) in [6, 6.07) is 10.1. The number of ether oxygens (including phenoxy) is 1. The van der Waals surface area contributed by atoms with E-state index in [0.29, 0.717) is 13.0 Å². The first-order valence-electron chi connectivity index (χ1n) is 11.0. The van der Waals surface area contributed by atoms with Crippen LogP contribution in [0.15, 0.2) is 42.5 Å². The molecule has 6 rings (SSSR count). The van der Waals surface area contributed by atoms with Gasteiger partial charge in [-0.2, -0.15) is 0 Å². The molecular formula is C25H19N3O7. The SMILES string of the molecule is COc1ccc(N2C(=O)c3ccc4c5c(ccc(c35)C2=O)C(=O)N(N2CCC(O)C2)C4=O)cc1O. The molecule has 3 aliphatic rings. The van der Waals surface area contributed by atoms with E-state index in [9.17, 15) is 29.4 Å². The number of benzene rings is 3. The Bertz CT molecular complexity index is 1430. The molecule has 0 saturated carbocycles. The van der Waals surface area contributed by atoms with Crippen molar-refractivity contribution in [1.82, 2.24) is 10.0 Å². The zero-order valence-electron chi connectivity index (χ0n) is 18.5. The Balaban J connectivity index is 1.50. The van der Waals surface area contributed by atoms with Gasteiger partial charge in [0.2, 0.25) is 0 Å². The average molecular weight is 473 g/mol. The van der Waals surface area contributed by atoms with E-state index in [1.54, 1.807) is 0 Å². The normalized spacial score (nSPS) is 19.8. The van der Waals surface area contributed by atoms with Gasteiger partial charge in [0.25, 0.3) is 23.6 Å². The first kappa shape index (κ1) is 21.3. The van der Waals surface area contributed by atoms with Gasteiger partial charge in [-0.15, -0.1) is 0 Å². The Hall–Kier alpha value is -4.28. The molecule has 3 aliphatic heterocycles. The van der Waals surface area contributed by atoms with Crippen molar-refractivity contribution in [2.24, 2.45) is 0 Å². The van der Waals surface area contributed by atoms with E-state index in [0.717, 1.165) is 9.91 Å². The van der Waals surface area contributed by atoms with Crippen molar-refractivity contribution >= 4 is 40.1 Å². The summed E-state index contributed by atoms with van der Waals surface area (Å²) in [4.78, 5) is 54.6. The second-order valence-electron chi connectivity index (χ2n) is 8.65. The summed E-state index contributed by atoms with van der Waals surface area (Å²) < 4.78 is 5.04. The largest absolute Gasteiger partial charge is 0.504 e. The predicted molar refractivity (Wildman–Crippen MR) is 122 cm³/mol. The molecule has 2 N–H and O–H groups in total. The molecule has 1 atom stereocenters. The van der Waals surface area contributed by atoms with E-state index >= 15 is 0 Å². The van der Waals surface area contributed by atoms with Gasteiger partial charge in [-0.3, -0.25) is 19.2 Å². The highest BCUT2D eigenvalue weighted by Gasteiger charge is 2.43. The number of phenolic OH excluding ortho intramolecular Hbond substituents is 1. The van der Waals surface area contributed by atoms with Crippen LogP contribution in [0.5, 0.6) is 11.5 Å². The van der Waals surface area contributed by atoms with Gasteiger partial charge >= 0.3 is 0 Å². The Labute approximate surface area is 198 Å². The van der Waals surface area contributed by atoms with Gasteiger partial charge in [0.1, 0.15) is 0 Å². The van der Waals surface area contributed by atoms with E-state index < -0.39 is 29.7 Å². The number of amides is 4. The van der Waals surface area contributed by atoms with E-state index in [1.807, 2.05) is 0 Å². The van der Waals surface area contributed by atoms with Crippen molar-refractivity contribution in [3.63, 3.8) is 0 Å². The quantitative estimate of drug-likeness (QED) is 0.553. The van der Waals surface area contributed by atoms with Crippen LogP contribution in [0.2, 0.25) is 0 Å². The molecule has 3 heterocycles. The molecule has 1 unspecified atom stereocenters. The summed E-state index contributed by atoms with van der Waals surface area (Å²) >= 11 is 0. The number of carbonyl (C=O) groups is 4. The van der Waals surface area contributed by atoms with Crippen molar-refractivity contribution in [1.29, 1.82) is 0 Å². The van der Waals surface area contributed by atoms with E-state index in [-0.39, 0.29) is 56.8 Å². The lowest BCUT2D eigenvalue weighted by Crippen LogP contribution is -2.51. The molecule has 1 fully saturated rings. The minimum atomic E-state index is -0.638. The summed E-state index contributed by atoms with van der Waals surface area (Å²) in [6.45, 7) is 0.515. The molecule has 0 aromatic heterocycles. The summed E-state index contributed by atoms with van der Waals surface area (Å²) in [7, 11) is 1.39. The number of hydrazine groups is 1. The number of anilines is 1. The van der Waals surface area contributed by atoms with Crippen LogP contribution in [-0.2, 0) is 0 Å². The second-order valence-corrected chi connectivity index (χ2v) is 8.65. The number of rotatable bonds is 3. The van der Waals surface area contributed by atoms with Crippen molar-refractivity contribution in [2.75, 3.05) is 25.1 Å². The number of phenols is 1. The molecule has 3 aromatic carbocycles. The van der Waals surface area contributed by atoms with Crippen LogP contribution in [0.4, 0.5) is 5.69 Å². The van der Waals surface area contributed by atoms with Crippen molar-refractivity contribution in [3.8, 4) is 11.5 Å². The molecule has 35 heavy (non-hydrogen) atoms. The van der Waals surface area contributed by atoms with Crippen LogP contribution in [0, 0.1) is 0 Å². The minimum absolute atomic E-state index is 0.156. The molecule has 0 radical (unpaired) electrons. The third kappa shape index (κ3) is 2.84. The van der Waals surface area contributed by atoms with Gasteiger partial charge in [0, 0.05) is 41.1 Å². The maximum Gasteiger partial charge on any atom is 0.276 e. The maximum absolute atomic E-state index is 13.5. The predicted octanol–water partition coefficient (Wildman–Crippen LogP) is 1.93. The Kier molecular flexibility index (Phi) is 4.47. The van der Waals surface area contributed by atoms with Crippen molar-refractivity contribution < 1.29 is 34.1 Å². The van der Waals surface area contributed by atoms with Crippen LogP contribution in [0.3, 0.4) is 0 Å². The second kappa shape index (κ2) is 7.36. The van der Waals surface area contributed by atoms with E-state index in [1.165, 1.54) is 54.6 Å². The lowest BCUT2D eigenvalue weighted by Gasteiger charge is -2.35. The van der Waals surface area contributed by atoms with Gasteiger partial charge in [0.05, 0.1) is 30.0 Å². The molecule has 0 spiro atoms. The summed E-state index contributed by atoms with van der Waals surface area (Å²) in [5.74, 6) is -2.45. The first-order valence-corrected chi connectivity index (χ1v) is 11.0. The lowest BCUT2D eigenvalue weighted by molar-refractivity contribution is 0.00252. The number of nitrogens with zero attached hydrogens (tertiary/aromatic N) is 3. The number of imide groups is 2. The topological polar surface area (TPSA) is 128 Å². The fraction of sp³-hybridized carbons (Fsp3) is 0.200. The molecule has 0 bridgehead atoms. The van der Waals surface area contributed by atoms with Gasteiger partial charge in [-0.05, 0) is 42.8 Å². The van der Waals surface area contributed by atoms with Crippen molar-refractivity contribution in [2.45, 2.75) is 12.5 Å². The minimum Gasteiger partial charge on any atom is -0.504 e. The average Bonchev–Trinajstić information content (AvgIpc) is 3.27. The molecule has 176 valence electrons. The van der Waals surface area contributed by atoms with Crippen LogP contribution < -0.4 is 9.64 Å². The molecule has 4 amide bonds. The third-order valence-electron chi connectivity index (χ3n) is 6.72. The number of hydrogen-bond acceptors (Lipinski definition) is 8. The summed E-state index contributed by atoms with van der Waals surface area (Å²) in [5, 5.41) is 23.1. The molecular weight excluding hydrogens is 454 g/mol. The summed E-state index contributed by atoms with van der Waals surface area (Å²) in [5.41, 5.74) is 0.904. The highest BCUT2D eigenvalue weighted by molar-refractivity contribution is 6.39. The fourth-order valence-corrected chi connectivity index (χ4v) is 5.08. The lowest BCUT2D eigenvalue weighted by atomic mass is 9.86. The number of aromatic hydroxyl groups is 1. The molecule has 10 heteroatoms. The van der Waals surface area contributed by atoms with Crippen molar-refractivity contribution in [3.05, 3.63) is 64.7 Å². The molecule has 1 saturated heterocycles. The number of carbonyl (C=O) groups excluding carboxylic acids is 4. The smallest absolute Gasteiger partial charge is 0.276 e. The fourth-order valence-electron chi connectivity index (χ4n) is 5.08. The third-order valence-corrected chi connectivity index (χ3v) is 6.72. The number of hydrogen-bond donors (Lipinski definition) is 2. The molecule has 10 nitrogen and oxygen atoms in total. The van der Waals surface area contributed by atoms with E-state index in [4.69, 9.17) is 4.74 Å². The maximum atomic E-state index is 13.5. The highest BCUT2D eigenvalue weighted by Crippen LogP contribution is 2.40. The number of aliphatic hydroxyl groups excluding tert-OH is 1. The molecule has 3 aromatic rings. The number of methoxy groups -OCH3 is 1. The first-order chi connectivity index (χ1) is 16.8. The van der Waals surface area contributed by atoms with E-state index in [2.05, 4.69) is 0 Å². The summed E-state index contributed by atoms with van der Waals surface area (Å²) in [6.07, 6.45) is -0.192. The van der Waals surface area contributed by atoms with Crippen LogP contribution >= 0.6 is 0 Å². The Morgan fingerprint density at radius 2 is 1.37 bits per heavy atom. The number of β-amino-alcohol motifs (C(OH)–C–C–N with tert-alkyl or cyclic N) is 1. The number of aliphatic hydroxyl groups is 1. The monoisotopic (exact) mass is 473 g/mol. The van der Waals surface area contributed by atoms with Crippen LogP contribution in [-0.4, -0.2) is 70.2 Å². The zero-order valence-corrected chi connectivity index (χ0v) is 18.5. The molecule has 0 aliphatic carbocycles. The van der Waals surface area contributed by atoms with Crippen LogP contribution in [0.25, 0.3) is 10.8 Å². The van der Waals surface area contributed by atoms with Gasteiger partial charge in [0.15, 0.2) is 11.5 Å². The Morgan fingerprint density at radius 3 is 1.83 bits per heavy atom. The van der Waals surface area contributed by atoms with Gasteiger partial charge in [-0.25, -0.2) is 14.9 Å². The zero-order chi connectivity index (χ0) is 24.6. The van der Waals surface area contributed by atoms with Crippen LogP contribution in [0.1, 0.15) is 47.9 Å².